The van der Waals surface area contributed by atoms with E-state index in [2.05, 4.69) is 32.4 Å². The third kappa shape index (κ3) is 3.77. The molecule has 0 aromatic carbocycles. The number of nitrogens with zero attached hydrogens (tertiary/aromatic N) is 3. The summed E-state index contributed by atoms with van der Waals surface area (Å²) >= 11 is 0. The van der Waals surface area contributed by atoms with Crippen molar-refractivity contribution in [2.75, 3.05) is 45.8 Å². The SMILES string of the molecule is CNC(=O)c1cc(C)nc(NC[C@]2(CO)COC[C@@H](C)N2C)n1. The largest absolute Gasteiger partial charge is 0.394 e. The highest BCUT2D eigenvalue weighted by Crippen LogP contribution is 2.22. The van der Waals surface area contributed by atoms with Gasteiger partial charge < -0.3 is 20.5 Å². The van der Waals surface area contributed by atoms with Crippen LogP contribution in [0.4, 0.5) is 5.95 Å². The molecule has 0 bridgehead atoms. The van der Waals surface area contributed by atoms with Crippen molar-refractivity contribution in [3.63, 3.8) is 0 Å². The van der Waals surface area contributed by atoms with E-state index >= 15 is 0 Å². The number of aryl methyl sites for hydroxylation is 1. The maximum atomic E-state index is 11.7. The quantitative estimate of drug-likeness (QED) is 0.680. The molecule has 1 fully saturated rings. The molecule has 1 aromatic rings. The smallest absolute Gasteiger partial charge is 0.269 e. The number of rotatable bonds is 5. The summed E-state index contributed by atoms with van der Waals surface area (Å²) in [5, 5.41) is 15.6. The molecule has 1 aliphatic heterocycles. The Balaban J connectivity index is 2.15. The monoisotopic (exact) mass is 323 g/mol. The van der Waals surface area contributed by atoms with Crippen molar-refractivity contribution in [3.8, 4) is 0 Å². The lowest BCUT2D eigenvalue weighted by atomic mass is 9.96. The summed E-state index contributed by atoms with van der Waals surface area (Å²) in [5.41, 5.74) is 0.459. The second-order valence-electron chi connectivity index (χ2n) is 6.01. The Bertz CT molecular complexity index is 568. The molecule has 0 unspecified atom stereocenters. The van der Waals surface area contributed by atoms with Crippen LogP contribution in [0.1, 0.15) is 23.1 Å². The van der Waals surface area contributed by atoms with E-state index in [-0.39, 0.29) is 18.6 Å². The zero-order chi connectivity index (χ0) is 17.0. The molecule has 8 nitrogen and oxygen atoms in total. The fourth-order valence-electron chi connectivity index (χ4n) is 2.62. The number of nitrogens with one attached hydrogen (secondary N) is 2. The minimum atomic E-state index is -0.544. The van der Waals surface area contributed by atoms with Crippen LogP contribution in [0.15, 0.2) is 6.07 Å². The van der Waals surface area contributed by atoms with Crippen LogP contribution in [0.2, 0.25) is 0 Å². The summed E-state index contributed by atoms with van der Waals surface area (Å²) in [6, 6.07) is 1.83. The zero-order valence-electron chi connectivity index (χ0n) is 14.1. The number of carbonyl (C=O) groups excluding carboxylic acids is 1. The number of hydrogen-bond acceptors (Lipinski definition) is 7. The highest BCUT2D eigenvalue weighted by Gasteiger charge is 2.40. The van der Waals surface area contributed by atoms with Gasteiger partial charge in [-0.2, -0.15) is 0 Å². The van der Waals surface area contributed by atoms with Crippen LogP contribution in [0, 0.1) is 6.92 Å². The van der Waals surface area contributed by atoms with E-state index in [1.54, 1.807) is 20.0 Å². The summed E-state index contributed by atoms with van der Waals surface area (Å²) in [6.45, 7) is 5.29. The van der Waals surface area contributed by atoms with Gasteiger partial charge in [0.25, 0.3) is 5.91 Å². The Morgan fingerprint density at radius 2 is 2.30 bits per heavy atom. The molecule has 3 N–H and O–H groups in total. The van der Waals surface area contributed by atoms with Gasteiger partial charge in [0, 0.05) is 25.3 Å². The fourth-order valence-corrected chi connectivity index (χ4v) is 2.62. The summed E-state index contributed by atoms with van der Waals surface area (Å²) in [7, 11) is 3.53. The molecule has 1 aliphatic rings. The second kappa shape index (κ2) is 7.20. The Labute approximate surface area is 136 Å². The maximum absolute atomic E-state index is 11.7. The van der Waals surface area contributed by atoms with Crippen LogP contribution < -0.4 is 10.6 Å². The van der Waals surface area contributed by atoms with Crippen LogP contribution in [-0.2, 0) is 4.74 Å². The van der Waals surface area contributed by atoms with Gasteiger partial charge in [-0.3, -0.25) is 9.69 Å². The van der Waals surface area contributed by atoms with Crippen molar-refractivity contribution in [1.29, 1.82) is 0 Å². The number of amides is 1. The van der Waals surface area contributed by atoms with Crippen LogP contribution in [0.3, 0.4) is 0 Å². The molecule has 0 aliphatic carbocycles. The standard InChI is InChI=1S/C15H25N5O3/c1-10-5-12(13(22)16-3)19-14(18-10)17-7-15(8-21)9-23-6-11(2)20(15)4/h5,11,21H,6-9H2,1-4H3,(H,16,22)(H,17,18,19)/t11-,15+/m1/s1. The van der Waals surface area contributed by atoms with Gasteiger partial charge in [-0.25, -0.2) is 9.97 Å². The highest BCUT2D eigenvalue weighted by atomic mass is 16.5. The molecule has 1 saturated heterocycles. The van der Waals surface area contributed by atoms with Crippen molar-refractivity contribution < 1.29 is 14.6 Å². The number of carbonyl (C=O) groups is 1. The third-order valence-electron chi connectivity index (χ3n) is 4.32. The van der Waals surface area contributed by atoms with Gasteiger partial charge in [0.05, 0.1) is 25.4 Å². The fraction of sp³-hybridized carbons (Fsp3) is 0.667. The van der Waals surface area contributed by atoms with Crippen molar-refractivity contribution in [2.24, 2.45) is 0 Å². The van der Waals surface area contributed by atoms with Gasteiger partial charge in [0.1, 0.15) is 5.69 Å². The van der Waals surface area contributed by atoms with Crippen molar-refractivity contribution >= 4 is 11.9 Å². The molecule has 23 heavy (non-hydrogen) atoms. The molecule has 2 atom stereocenters. The summed E-state index contributed by atoms with van der Waals surface area (Å²) in [4.78, 5) is 22.4. The molecule has 0 saturated carbocycles. The molecule has 1 amide bonds. The molecule has 0 spiro atoms. The first kappa shape index (κ1) is 17.6. The summed E-state index contributed by atoms with van der Waals surface area (Å²) in [5.74, 6) is 0.102. The lowest BCUT2D eigenvalue weighted by Crippen LogP contribution is -2.64. The van der Waals surface area contributed by atoms with Crippen molar-refractivity contribution in [3.05, 3.63) is 17.5 Å². The topological polar surface area (TPSA) is 99.6 Å². The molecular formula is C15H25N5O3. The third-order valence-corrected chi connectivity index (χ3v) is 4.32. The van der Waals surface area contributed by atoms with E-state index in [1.807, 2.05) is 7.05 Å². The zero-order valence-corrected chi connectivity index (χ0v) is 14.1. The van der Waals surface area contributed by atoms with Crippen molar-refractivity contribution in [1.82, 2.24) is 20.2 Å². The molecule has 2 heterocycles. The number of anilines is 1. The van der Waals surface area contributed by atoms with Crippen molar-refractivity contribution in [2.45, 2.75) is 25.4 Å². The molecule has 128 valence electrons. The van der Waals surface area contributed by atoms with Gasteiger partial charge in [0.2, 0.25) is 5.95 Å². The Kier molecular flexibility index (Phi) is 5.51. The number of aromatic nitrogens is 2. The Morgan fingerprint density at radius 1 is 1.57 bits per heavy atom. The van der Waals surface area contributed by atoms with E-state index in [0.29, 0.717) is 37.1 Å². The van der Waals surface area contributed by atoms with E-state index in [9.17, 15) is 9.90 Å². The Morgan fingerprint density at radius 3 is 2.96 bits per heavy atom. The van der Waals surface area contributed by atoms with Gasteiger partial charge in [-0.05, 0) is 27.0 Å². The van der Waals surface area contributed by atoms with Gasteiger partial charge >= 0.3 is 0 Å². The minimum Gasteiger partial charge on any atom is -0.394 e. The number of hydrogen-bond donors (Lipinski definition) is 3. The number of ether oxygens (including phenoxy) is 1. The highest BCUT2D eigenvalue weighted by molar-refractivity contribution is 5.92. The van der Waals surface area contributed by atoms with Gasteiger partial charge in [0.15, 0.2) is 0 Å². The Hall–Kier alpha value is -1.77. The normalized spacial score (nSPS) is 25.2. The first-order chi connectivity index (χ1) is 10.9. The molecule has 8 heteroatoms. The van der Waals surface area contributed by atoms with Crippen LogP contribution >= 0.6 is 0 Å². The van der Waals surface area contributed by atoms with Gasteiger partial charge in [-0.15, -0.1) is 0 Å². The molecular weight excluding hydrogens is 298 g/mol. The molecule has 0 radical (unpaired) electrons. The lowest BCUT2D eigenvalue weighted by Gasteiger charge is -2.47. The maximum Gasteiger partial charge on any atom is 0.269 e. The molecule has 2 rings (SSSR count). The van der Waals surface area contributed by atoms with E-state index < -0.39 is 5.54 Å². The first-order valence-electron chi connectivity index (χ1n) is 7.65. The van der Waals surface area contributed by atoms with E-state index in [0.717, 1.165) is 0 Å². The van der Waals surface area contributed by atoms with Gasteiger partial charge in [-0.1, -0.05) is 0 Å². The number of aliphatic hydroxyl groups is 1. The van der Waals surface area contributed by atoms with Crippen LogP contribution in [0.25, 0.3) is 0 Å². The average Bonchev–Trinajstić information content (AvgIpc) is 2.55. The second-order valence-corrected chi connectivity index (χ2v) is 6.01. The molecule has 1 aromatic heterocycles. The lowest BCUT2D eigenvalue weighted by molar-refractivity contribution is -0.101. The number of morpholine rings is 1. The van der Waals surface area contributed by atoms with E-state index in [1.165, 1.54) is 0 Å². The summed E-state index contributed by atoms with van der Waals surface area (Å²) < 4.78 is 5.60. The van der Waals surface area contributed by atoms with E-state index in [4.69, 9.17) is 4.74 Å². The van der Waals surface area contributed by atoms with Crippen LogP contribution in [0.5, 0.6) is 0 Å². The minimum absolute atomic E-state index is 0.0467. The van der Waals surface area contributed by atoms with Crippen LogP contribution in [-0.4, -0.2) is 77.9 Å². The summed E-state index contributed by atoms with van der Waals surface area (Å²) in [6.07, 6.45) is 0. The average molecular weight is 323 g/mol. The number of likely N-dealkylation sites (N-methyl/N-ethyl adjacent to an activating group) is 1. The first-order valence-corrected chi connectivity index (χ1v) is 7.65. The predicted molar refractivity (Wildman–Crippen MR) is 86.5 cm³/mol. The predicted octanol–water partition coefficient (Wildman–Crippen LogP) is -0.362. The number of aliphatic hydroxyl groups excluding tert-OH is 1.